The summed E-state index contributed by atoms with van der Waals surface area (Å²) in [5, 5.41) is 0. The summed E-state index contributed by atoms with van der Waals surface area (Å²) in [6.45, 7) is 0. The molecule has 0 radical (unpaired) electrons. The highest BCUT2D eigenvalue weighted by Gasteiger charge is 2.58. The van der Waals surface area contributed by atoms with Crippen LogP contribution in [0.5, 0.6) is 0 Å². The number of rotatable bonds is 29. The van der Waals surface area contributed by atoms with Crippen molar-refractivity contribution >= 4 is 75.2 Å². The summed E-state index contributed by atoms with van der Waals surface area (Å²) < 4.78 is 366. The highest BCUT2D eigenvalue weighted by molar-refractivity contribution is 6.90. The van der Waals surface area contributed by atoms with E-state index >= 15 is 0 Å². The normalized spacial score (nSPS) is 16.0. The van der Waals surface area contributed by atoms with Crippen LogP contribution in [0.1, 0.15) is 51.4 Å². The van der Waals surface area contributed by atoms with Gasteiger partial charge in [0, 0.05) is 51.4 Å². The van der Waals surface area contributed by atoms with Gasteiger partial charge in [0.05, 0.1) is 0 Å². The number of hydrogen-bond acceptors (Lipinski definition) is 7. The summed E-state index contributed by atoms with van der Waals surface area (Å²) in [5.74, 6) is 0. The third-order valence-corrected chi connectivity index (χ3v) is 31.1. The fourth-order valence-electron chi connectivity index (χ4n) is 5.45. The molecule has 380 valence electrons. The quantitative estimate of drug-likeness (QED) is 0.0421. The molecule has 1 unspecified atom stereocenters. The molecule has 0 aromatic carbocycles. The molecule has 0 amide bonds. The molecule has 0 aliphatic rings. The molecular formula is C24H42F24O7Si8. The predicted molar refractivity (Wildman–Crippen MR) is 191 cm³/mol. The Bertz CT molecular complexity index is 1200. The van der Waals surface area contributed by atoms with Gasteiger partial charge in [-0.05, 0) is 48.4 Å². The topological polar surface area (TPSA) is 64.6 Å². The molecule has 1 atom stereocenters. The van der Waals surface area contributed by atoms with Crippen LogP contribution in [0, 0.1) is 0 Å². The largest absolute Gasteiger partial charge is 0.449 e. The van der Waals surface area contributed by atoms with Crippen molar-refractivity contribution in [2.75, 3.05) is 0 Å². The molecule has 0 bridgehead atoms. The number of alkyl halides is 24. The maximum atomic E-state index is 13.9. The van der Waals surface area contributed by atoms with E-state index in [4.69, 9.17) is 28.8 Å². The molecule has 0 saturated heterocycles. The third-order valence-electron chi connectivity index (χ3n) is 8.24. The second-order valence-corrected chi connectivity index (χ2v) is 35.1. The molecule has 0 rings (SSSR count). The molecule has 0 aliphatic carbocycles. The van der Waals surface area contributed by atoms with Crippen molar-refractivity contribution in [1.82, 2.24) is 0 Å². The van der Waals surface area contributed by atoms with E-state index in [0.29, 0.717) is 0 Å². The average molecular weight is 1120 g/mol. The first-order chi connectivity index (χ1) is 28.0. The Hall–Kier alpha value is -0.225. The van der Waals surface area contributed by atoms with Crippen molar-refractivity contribution < 1.29 is 134 Å². The third kappa shape index (κ3) is 34.7. The van der Waals surface area contributed by atoms with E-state index in [1.807, 2.05) is 0 Å². The van der Waals surface area contributed by atoms with Gasteiger partial charge in [0.15, 0.2) is 8.32 Å². The molecule has 39 heteroatoms. The van der Waals surface area contributed by atoms with Crippen molar-refractivity contribution in [3.63, 3.8) is 0 Å². The zero-order chi connectivity index (χ0) is 49.5. The van der Waals surface area contributed by atoms with Gasteiger partial charge < -0.3 is 28.8 Å². The van der Waals surface area contributed by atoms with E-state index in [2.05, 4.69) is 0 Å². The second-order valence-electron chi connectivity index (χ2n) is 13.9. The first-order valence-corrected chi connectivity index (χ1v) is 30.9. The highest BCUT2D eigenvalue weighted by atomic mass is 28.5. The van der Waals surface area contributed by atoms with Gasteiger partial charge in [-0.15, -0.1) is 0 Å². The summed E-state index contributed by atoms with van der Waals surface area (Å²) >= 11 is 0. The number of hydrogen-bond donors (Lipinski definition) is 0. The Morgan fingerprint density at radius 3 is 0.984 bits per heavy atom. The lowest BCUT2D eigenvalue weighted by atomic mass is 10.5. The van der Waals surface area contributed by atoms with E-state index < -0.39 is 214 Å². The van der Waals surface area contributed by atoms with Gasteiger partial charge in [-0.1, -0.05) is 0 Å². The second kappa shape index (κ2) is 25.4. The Labute approximate surface area is 358 Å². The lowest BCUT2D eigenvalue weighted by molar-refractivity contribution is -0.135. The first-order valence-electron chi connectivity index (χ1n) is 17.9. The van der Waals surface area contributed by atoms with Crippen LogP contribution in [0.2, 0.25) is 48.4 Å². The molecule has 0 aromatic rings. The van der Waals surface area contributed by atoms with Crippen LogP contribution in [0.4, 0.5) is 105 Å². The Morgan fingerprint density at radius 2 is 0.667 bits per heavy atom. The highest BCUT2D eigenvalue weighted by Crippen LogP contribution is 2.47. The smallest absolute Gasteiger partial charge is 0.389 e. The summed E-state index contributed by atoms with van der Waals surface area (Å²) in [7, 11) is -29.4. The van der Waals surface area contributed by atoms with Crippen LogP contribution in [0.15, 0.2) is 0 Å². The number of halogens is 24. The van der Waals surface area contributed by atoms with Crippen molar-refractivity contribution in [1.29, 1.82) is 0 Å². The van der Waals surface area contributed by atoms with E-state index in [9.17, 15) is 105 Å². The summed E-state index contributed by atoms with van der Waals surface area (Å²) in [5.41, 5.74) is 0. The van der Waals surface area contributed by atoms with Crippen LogP contribution >= 0.6 is 0 Å². The van der Waals surface area contributed by atoms with E-state index in [0.717, 1.165) is 0 Å². The molecule has 63 heavy (non-hydrogen) atoms. The standard InChI is InChI=1S/C24H42F24O7Si8/c25-17(26,27)1-9-60(52-59-51-58-50-57-49-56)53-62(13-5-21(37,38)39,14-6-22(40,41)42)55-63(15-7-23(43,44)45,16-8-24(46,47)48)54-61(10-2-18(28,29)30,11-3-19(31,32)33)12-4-20(34,35)36/h60H,1-16,57-59H2,56H3. The maximum Gasteiger partial charge on any atom is 0.389 e. The van der Waals surface area contributed by atoms with Crippen LogP contribution in [-0.2, 0) is 28.8 Å². The zero-order valence-corrected chi connectivity index (χ0v) is 42.8. The van der Waals surface area contributed by atoms with Crippen molar-refractivity contribution in [2.24, 2.45) is 0 Å². The minimum Gasteiger partial charge on any atom is -0.449 e. The molecule has 0 spiro atoms. The Balaban J connectivity index is 8.48. The van der Waals surface area contributed by atoms with Gasteiger partial charge >= 0.3 is 75.8 Å². The van der Waals surface area contributed by atoms with Gasteiger partial charge in [0.25, 0.3) is 30.0 Å². The maximum absolute atomic E-state index is 13.9. The monoisotopic (exact) mass is 1120 g/mol. The van der Waals surface area contributed by atoms with Crippen molar-refractivity contribution in [3.05, 3.63) is 0 Å². The molecule has 0 aromatic heterocycles. The van der Waals surface area contributed by atoms with E-state index in [1.54, 1.807) is 0 Å². The van der Waals surface area contributed by atoms with Crippen LogP contribution in [0.25, 0.3) is 0 Å². The molecule has 0 aliphatic heterocycles. The molecule has 0 saturated carbocycles. The van der Waals surface area contributed by atoms with Gasteiger partial charge in [-0.3, -0.25) is 0 Å². The fraction of sp³-hybridized carbons (Fsp3) is 1.00. The summed E-state index contributed by atoms with van der Waals surface area (Å²) in [4.78, 5) is 0. The molecule has 0 N–H and O–H groups in total. The summed E-state index contributed by atoms with van der Waals surface area (Å²) in [6, 6.07) is -15.8. The van der Waals surface area contributed by atoms with Gasteiger partial charge in [-0.2, -0.15) is 105 Å². The van der Waals surface area contributed by atoms with Crippen molar-refractivity contribution in [2.45, 2.75) is 149 Å². The lowest BCUT2D eigenvalue weighted by Gasteiger charge is -2.48. The fourth-order valence-corrected chi connectivity index (χ4v) is 33.8. The molecule has 0 heterocycles. The van der Waals surface area contributed by atoms with Gasteiger partial charge in [-0.25, -0.2) is 0 Å². The van der Waals surface area contributed by atoms with Gasteiger partial charge in [0.2, 0.25) is 0 Å². The van der Waals surface area contributed by atoms with Crippen LogP contribution in [-0.4, -0.2) is 125 Å². The van der Waals surface area contributed by atoms with Crippen LogP contribution < -0.4 is 0 Å². The predicted octanol–water partition coefficient (Wildman–Crippen LogP) is 9.05. The van der Waals surface area contributed by atoms with E-state index in [-0.39, 0.29) is 10.5 Å². The average Bonchev–Trinajstić information content (AvgIpc) is 3.06. The Kier molecular flexibility index (Phi) is 25.3. The molecule has 0 fully saturated rings. The minimum absolute atomic E-state index is 0.187. The molecular weight excluding hydrogens is 1080 g/mol. The molecule has 7 nitrogen and oxygen atoms in total. The van der Waals surface area contributed by atoms with Crippen molar-refractivity contribution in [3.8, 4) is 0 Å². The van der Waals surface area contributed by atoms with Gasteiger partial charge in [0.1, 0.15) is 10.5 Å². The zero-order valence-electron chi connectivity index (χ0n) is 32.4. The Morgan fingerprint density at radius 1 is 0.365 bits per heavy atom. The lowest BCUT2D eigenvalue weighted by Crippen LogP contribution is -2.62. The SMILES string of the molecule is FC(F)(F)CC[SiH](O[SiH2]O[SiH2]O[SiH2]O[SiH3])O[Si](CCC(F)(F)F)(CCC(F)(F)F)O[Si](CCC(F)(F)F)(CCC(F)(F)F)O[Si](CCC(F)(F)F)(CCC(F)(F)F)CCC(F)(F)F. The first kappa shape index (κ1) is 62.8. The van der Waals surface area contributed by atoms with Crippen LogP contribution in [0.3, 0.4) is 0 Å². The minimum atomic E-state index is -6.52. The van der Waals surface area contributed by atoms with E-state index in [1.165, 1.54) is 0 Å². The summed E-state index contributed by atoms with van der Waals surface area (Å²) in [6.07, 6.45) is -63.4.